The van der Waals surface area contributed by atoms with E-state index in [9.17, 15) is 19.8 Å². The highest BCUT2D eigenvalue weighted by Gasteiger charge is 1.93. The molecule has 82 valence electrons. The van der Waals surface area contributed by atoms with Crippen molar-refractivity contribution in [2.45, 2.75) is 6.10 Å². The Balaban J connectivity index is 0. The summed E-state index contributed by atoms with van der Waals surface area (Å²) in [4.78, 5) is 18.8. The molecular weight excluding hydrogens is 196 g/mol. The third-order valence-electron chi connectivity index (χ3n) is 0.777. The Morgan fingerprint density at radius 1 is 1.07 bits per heavy atom. The van der Waals surface area contributed by atoms with Gasteiger partial charge >= 0.3 is 0 Å². The zero-order valence-corrected chi connectivity index (χ0v) is 7.12. The summed E-state index contributed by atoms with van der Waals surface area (Å²) in [6, 6.07) is 0. The van der Waals surface area contributed by atoms with Gasteiger partial charge in [-0.05, 0) is 12.2 Å². The summed E-state index contributed by atoms with van der Waals surface area (Å²) in [5.74, 6) is -3.09. The number of aliphatic hydroxyl groups excluding tert-OH is 3. The van der Waals surface area contributed by atoms with E-state index >= 15 is 0 Å². The Hall–Kier alpha value is -1.44. The van der Waals surface area contributed by atoms with E-state index in [4.69, 9.17) is 15.3 Å². The van der Waals surface area contributed by atoms with Gasteiger partial charge in [-0.2, -0.15) is 0 Å². The molecule has 0 bridgehead atoms. The van der Waals surface area contributed by atoms with E-state index in [2.05, 4.69) is 0 Å². The second-order valence-electron chi connectivity index (χ2n) is 1.99. The lowest BCUT2D eigenvalue weighted by molar-refractivity contribution is -0.301. The van der Waals surface area contributed by atoms with Crippen LogP contribution in [-0.2, 0) is 9.59 Å². The van der Waals surface area contributed by atoms with E-state index in [0.717, 1.165) is 0 Å². The quantitative estimate of drug-likeness (QED) is 0.393. The Morgan fingerprint density at radius 3 is 1.43 bits per heavy atom. The molecule has 14 heavy (non-hydrogen) atoms. The van der Waals surface area contributed by atoms with Crippen LogP contribution >= 0.6 is 0 Å². The molecule has 0 heterocycles. The highest BCUT2D eigenvalue weighted by atomic mass is 16.4. The van der Waals surface area contributed by atoms with Crippen LogP contribution in [0.4, 0.5) is 0 Å². The number of aliphatic carboxylic acids is 2. The van der Waals surface area contributed by atoms with Crippen LogP contribution in [0, 0.1) is 0 Å². The molecule has 0 rings (SSSR count). The predicted molar refractivity (Wildman–Crippen MR) is 39.3 cm³/mol. The number of carboxylic acids is 2. The van der Waals surface area contributed by atoms with Crippen molar-refractivity contribution in [2.75, 3.05) is 13.2 Å². The van der Waals surface area contributed by atoms with Crippen molar-refractivity contribution >= 4 is 11.9 Å². The van der Waals surface area contributed by atoms with Crippen molar-refractivity contribution in [3.63, 3.8) is 0 Å². The predicted octanol–water partition coefficient (Wildman–Crippen LogP) is -4.63. The Morgan fingerprint density at radius 2 is 1.36 bits per heavy atom. The summed E-state index contributed by atoms with van der Waals surface area (Å²) in [7, 11) is 0. The van der Waals surface area contributed by atoms with Crippen LogP contribution in [0.15, 0.2) is 12.2 Å². The van der Waals surface area contributed by atoms with E-state index in [0.29, 0.717) is 12.2 Å². The maximum absolute atomic E-state index is 9.41. The Labute approximate surface area is 79.5 Å². The second-order valence-corrected chi connectivity index (χ2v) is 1.99. The zero-order valence-electron chi connectivity index (χ0n) is 7.12. The highest BCUT2D eigenvalue weighted by molar-refractivity contribution is 5.87. The van der Waals surface area contributed by atoms with Gasteiger partial charge < -0.3 is 35.1 Å². The molecule has 0 aliphatic carbocycles. The minimum absolute atomic E-state index is 0.365. The number of hydrogen-bond donors (Lipinski definition) is 3. The summed E-state index contributed by atoms with van der Waals surface area (Å²) in [6.07, 6.45) is -0.185. The Kier molecular flexibility index (Phi) is 10.4. The number of aliphatic hydroxyl groups is 3. The topological polar surface area (TPSA) is 141 Å². The minimum atomic E-state index is -1.55. The smallest absolute Gasteiger partial charge is 0.100 e. The standard InChI is InChI=1S/C4H4O4.C3H8O3/c5-3(6)1-2-4(7)8;4-1-3(6)2-5/h1-2H,(H,5,6)(H,7,8);3-6H,1-2H2/p-2/b2-1-;. The van der Waals surface area contributed by atoms with Crippen molar-refractivity contribution in [1.82, 2.24) is 0 Å². The molecule has 0 saturated carbocycles. The third-order valence-corrected chi connectivity index (χ3v) is 0.777. The molecule has 7 nitrogen and oxygen atoms in total. The molecular formula is C7H10O7-2. The minimum Gasteiger partial charge on any atom is -0.545 e. The summed E-state index contributed by atoms with van der Waals surface area (Å²) in [5.41, 5.74) is 0. The van der Waals surface area contributed by atoms with Gasteiger partial charge in [-0.25, -0.2) is 0 Å². The second kappa shape index (κ2) is 9.65. The molecule has 0 atom stereocenters. The molecule has 0 unspecified atom stereocenters. The lowest BCUT2D eigenvalue weighted by Crippen LogP contribution is -2.23. The molecule has 0 fully saturated rings. The van der Waals surface area contributed by atoms with E-state index in [1.807, 2.05) is 0 Å². The van der Waals surface area contributed by atoms with E-state index in [1.165, 1.54) is 0 Å². The van der Waals surface area contributed by atoms with Gasteiger partial charge in [-0.15, -0.1) is 0 Å². The van der Waals surface area contributed by atoms with Crippen LogP contribution in [0.25, 0.3) is 0 Å². The molecule has 7 heteroatoms. The summed E-state index contributed by atoms with van der Waals surface area (Å²) >= 11 is 0. The molecule has 0 aromatic carbocycles. The molecule has 0 spiro atoms. The fourth-order valence-electron chi connectivity index (χ4n) is 0.194. The fraction of sp³-hybridized carbons (Fsp3) is 0.429. The summed E-state index contributed by atoms with van der Waals surface area (Å²) in [6.45, 7) is -0.729. The normalized spacial score (nSPS) is 9.71. The van der Waals surface area contributed by atoms with Gasteiger partial charge in [0.1, 0.15) is 6.10 Å². The molecule has 3 N–H and O–H groups in total. The van der Waals surface area contributed by atoms with Crippen molar-refractivity contribution < 1.29 is 35.1 Å². The first-order chi connectivity index (χ1) is 6.43. The maximum atomic E-state index is 9.41. The molecule has 0 aliphatic rings. The highest BCUT2D eigenvalue weighted by Crippen LogP contribution is 1.71. The number of carbonyl (C=O) groups excluding carboxylic acids is 2. The SMILES string of the molecule is O=C([O-])/C=C\C(=O)[O-].OCC(O)CO. The fourth-order valence-corrected chi connectivity index (χ4v) is 0.194. The van der Waals surface area contributed by atoms with Gasteiger partial charge in [0.25, 0.3) is 0 Å². The number of carboxylic acid groups (broad SMARTS) is 2. The molecule has 0 amide bonds. The van der Waals surface area contributed by atoms with E-state index in [-0.39, 0.29) is 13.2 Å². The van der Waals surface area contributed by atoms with Gasteiger partial charge in [0.2, 0.25) is 0 Å². The van der Waals surface area contributed by atoms with Crippen molar-refractivity contribution in [2.24, 2.45) is 0 Å². The molecule has 0 radical (unpaired) electrons. The van der Waals surface area contributed by atoms with Gasteiger partial charge in [-0.3, -0.25) is 0 Å². The molecule has 0 aliphatic heterocycles. The molecule has 0 aromatic rings. The molecule has 0 saturated heterocycles. The number of rotatable bonds is 4. The Bertz CT molecular complexity index is 178. The number of carbonyl (C=O) groups is 2. The average Bonchev–Trinajstić information content (AvgIpc) is 2.14. The van der Waals surface area contributed by atoms with Gasteiger partial charge in [0.15, 0.2) is 0 Å². The van der Waals surface area contributed by atoms with Gasteiger partial charge in [0, 0.05) is 0 Å². The lowest BCUT2D eigenvalue weighted by Gasteiger charge is -1.96. The van der Waals surface area contributed by atoms with Gasteiger partial charge in [0.05, 0.1) is 25.2 Å². The van der Waals surface area contributed by atoms with Crippen molar-refractivity contribution in [3.8, 4) is 0 Å². The number of hydrogen-bond acceptors (Lipinski definition) is 7. The lowest BCUT2D eigenvalue weighted by atomic mass is 10.4. The van der Waals surface area contributed by atoms with E-state index in [1.54, 1.807) is 0 Å². The van der Waals surface area contributed by atoms with Crippen molar-refractivity contribution in [3.05, 3.63) is 12.2 Å². The largest absolute Gasteiger partial charge is 0.545 e. The van der Waals surface area contributed by atoms with Crippen LogP contribution in [0.5, 0.6) is 0 Å². The van der Waals surface area contributed by atoms with Crippen LogP contribution in [0.3, 0.4) is 0 Å². The molecule has 0 aromatic heterocycles. The van der Waals surface area contributed by atoms with E-state index < -0.39 is 18.0 Å². The monoisotopic (exact) mass is 206 g/mol. The van der Waals surface area contributed by atoms with Gasteiger partial charge in [-0.1, -0.05) is 0 Å². The first kappa shape index (κ1) is 15.1. The zero-order chi connectivity index (χ0) is 11.6. The van der Waals surface area contributed by atoms with Crippen LogP contribution in [-0.4, -0.2) is 46.6 Å². The maximum Gasteiger partial charge on any atom is 0.100 e. The first-order valence-electron chi connectivity index (χ1n) is 3.43. The first-order valence-corrected chi connectivity index (χ1v) is 3.43. The third kappa shape index (κ3) is 16.9. The summed E-state index contributed by atoms with van der Waals surface area (Å²) in [5, 5.41) is 42.8. The van der Waals surface area contributed by atoms with Crippen molar-refractivity contribution in [1.29, 1.82) is 0 Å². The van der Waals surface area contributed by atoms with Crippen LogP contribution in [0.1, 0.15) is 0 Å². The average molecular weight is 206 g/mol. The van der Waals surface area contributed by atoms with Crippen LogP contribution < -0.4 is 10.2 Å². The van der Waals surface area contributed by atoms with Crippen LogP contribution in [0.2, 0.25) is 0 Å². The summed E-state index contributed by atoms with van der Waals surface area (Å²) < 4.78 is 0.